The monoisotopic (exact) mass is 421 g/mol. The van der Waals surface area contributed by atoms with E-state index in [1.54, 1.807) is 10.9 Å². The van der Waals surface area contributed by atoms with E-state index < -0.39 is 0 Å². The molecule has 3 aliphatic rings. The van der Waals surface area contributed by atoms with Crippen LogP contribution in [0.15, 0.2) is 28.9 Å². The fourth-order valence-corrected chi connectivity index (χ4v) is 5.38. The van der Waals surface area contributed by atoms with Gasteiger partial charge in [0, 0.05) is 12.6 Å². The van der Waals surface area contributed by atoms with Crippen molar-refractivity contribution in [1.82, 2.24) is 19.9 Å². The van der Waals surface area contributed by atoms with Crippen molar-refractivity contribution >= 4 is 11.6 Å². The molecule has 2 aliphatic carbocycles. The standard InChI is InChI=1S/C22H23N5O4/c1-11-15(9-23-27(11)2)24-21(28)18-12-3-4-13(7-12)19(18)22-25-20(26-31-22)14-5-6-16-17(8-14)30-10-29-16/h5-6,8-9,12-13,18-19H,3-4,7,10H2,1-2H3,(H,24,28)/t12-,13+,18-,19-/m0/s1. The second-order valence-corrected chi connectivity index (χ2v) is 8.67. The molecule has 0 saturated heterocycles. The molecule has 4 atom stereocenters. The highest BCUT2D eigenvalue weighted by Crippen LogP contribution is 2.56. The summed E-state index contributed by atoms with van der Waals surface area (Å²) in [5.41, 5.74) is 2.48. The number of hydrogen-bond acceptors (Lipinski definition) is 7. The van der Waals surface area contributed by atoms with Gasteiger partial charge in [0.25, 0.3) is 0 Å². The first-order valence-electron chi connectivity index (χ1n) is 10.6. The summed E-state index contributed by atoms with van der Waals surface area (Å²) < 4.78 is 18.3. The highest BCUT2D eigenvalue weighted by Gasteiger charge is 2.53. The third-order valence-corrected chi connectivity index (χ3v) is 7.07. The quantitative estimate of drug-likeness (QED) is 0.689. The molecule has 2 bridgehead atoms. The maximum absolute atomic E-state index is 13.3. The molecule has 0 spiro atoms. The fraction of sp³-hybridized carbons (Fsp3) is 0.455. The lowest BCUT2D eigenvalue weighted by Crippen LogP contribution is -2.33. The lowest BCUT2D eigenvalue weighted by molar-refractivity contribution is -0.122. The van der Waals surface area contributed by atoms with Gasteiger partial charge in [0.2, 0.25) is 24.4 Å². The number of carbonyl (C=O) groups is 1. The van der Waals surface area contributed by atoms with Crippen molar-refractivity contribution in [3.8, 4) is 22.9 Å². The number of benzene rings is 1. The maximum Gasteiger partial charge on any atom is 0.231 e. The van der Waals surface area contributed by atoms with Gasteiger partial charge in [0.05, 0.1) is 29.4 Å². The van der Waals surface area contributed by atoms with Gasteiger partial charge in [0.15, 0.2) is 11.5 Å². The highest BCUT2D eigenvalue weighted by molar-refractivity contribution is 5.94. The number of amides is 1. The van der Waals surface area contributed by atoms with Gasteiger partial charge in [-0.05, 0) is 56.2 Å². The first kappa shape index (κ1) is 18.4. The molecule has 2 fully saturated rings. The Labute approximate surface area is 178 Å². The Kier molecular flexibility index (Phi) is 4.06. The first-order valence-corrected chi connectivity index (χ1v) is 10.6. The van der Waals surface area contributed by atoms with Crippen molar-refractivity contribution in [2.24, 2.45) is 24.8 Å². The largest absolute Gasteiger partial charge is 0.454 e. The molecule has 2 aromatic heterocycles. The zero-order chi connectivity index (χ0) is 21.1. The lowest BCUT2D eigenvalue weighted by Gasteiger charge is -2.27. The van der Waals surface area contributed by atoms with E-state index in [0.717, 1.165) is 36.2 Å². The average Bonchev–Trinajstić information content (AvgIpc) is 3.59. The molecule has 2 saturated carbocycles. The van der Waals surface area contributed by atoms with Gasteiger partial charge in [-0.1, -0.05) is 5.16 Å². The van der Waals surface area contributed by atoms with Crippen LogP contribution in [0.25, 0.3) is 11.4 Å². The van der Waals surface area contributed by atoms with Gasteiger partial charge in [0.1, 0.15) is 0 Å². The van der Waals surface area contributed by atoms with Crippen LogP contribution in [0, 0.1) is 24.7 Å². The molecule has 9 nitrogen and oxygen atoms in total. The summed E-state index contributed by atoms with van der Waals surface area (Å²) in [6.45, 7) is 2.16. The molecule has 0 radical (unpaired) electrons. The Morgan fingerprint density at radius 1 is 1.19 bits per heavy atom. The van der Waals surface area contributed by atoms with Gasteiger partial charge >= 0.3 is 0 Å². The summed E-state index contributed by atoms with van der Waals surface area (Å²) in [6.07, 6.45) is 4.87. The lowest BCUT2D eigenvalue weighted by atomic mass is 9.78. The van der Waals surface area contributed by atoms with E-state index >= 15 is 0 Å². The van der Waals surface area contributed by atoms with Crippen LogP contribution in [0.4, 0.5) is 5.69 Å². The van der Waals surface area contributed by atoms with Gasteiger partial charge in [-0.25, -0.2) is 0 Å². The minimum absolute atomic E-state index is 0.0103. The average molecular weight is 421 g/mol. The van der Waals surface area contributed by atoms with E-state index in [2.05, 4.69) is 15.6 Å². The van der Waals surface area contributed by atoms with Crippen LogP contribution in [0.5, 0.6) is 11.5 Å². The topological polar surface area (TPSA) is 104 Å². The van der Waals surface area contributed by atoms with E-state index in [-0.39, 0.29) is 24.5 Å². The molecule has 3 heterocycles. The molecule has 9 heteroatoms. The van der Waals surface area contributed by atoms with Crippen LogP contribution >= 0.6 is 0 Å². The van der Waals surface area contributed by atoms with Gasteiger partial charge in [-0.15, -0.1) is 0 Å². The molecule has 0 unspecified atom stereocenters. The third kappa shape index (κ3) is 2.90. The normalized spacial score (nSPS) is 25.9. The molecule has 1 N–H and O–H groups in total. The number of rotatable bonds is 4. The maximum atomic E-state index is 13.3. The number of carbonyl (C=O) groups excluding carboxylic acids is 1. The smallest absolute Gasteiger partial charge is 0.231 e. The summed E-state index contributed by atoms with van der Waals surface area (Å²) >= 11 is 0. The molecule has 1 aliphatic heterocycles. The number of anilines is 1. The van der Waals surface area contributed by atoms with Crippen LogP contribution < -0.4 is 14.8 Å². The number of hydrogen-bond donors (Lipinski definition) is 1. The zero-order valence-corrected chi connectivity index (χ0v) is 17.4. The molecule has 1 aromatic carbocycles. The molecule has 31 heavy (non-hydrogen) atoms. The van der Waals surface area contributed by atoms with Crippen molar-refractivity contribution in [1.29, 1.82) is 0 Å². The second-order valence-electron chi connectivity index (χ2n) is 8.67. The van der Waals surface area contributed by atoms with Crippen molar-refractivity contribution < 1.29 is 18.8 Å². The molecule has 1 amide bonds. The SMILES string of the molecule is Cc1c(NC(=O)[C@H]2[C@H]3CC[C@H](C3)[C@@H]2c2nc(-c3ccc4c(c3)OCO4)no2)cnn1C. The Bertz CT molecular complexity index is 1170. The van der Waals surface area contributed by atoms with Crippen LogP contribution in [-0.2, 0) is 11.8 Å². The van der Waals surface area contributed by atoms with Crippen molar-refractivity contribution in [2.45, 2.75) is 32.1 Å². The molecule has 3 aromatic rings. The van der Waals surface area contributed by atoms with E-state index in [9.17, 15) is 4.79 Å². The summed E-state index contributed by atoms with van der Waals surface area (Å²) in [5.74, 6) is 2.93. The van der Waals surface area contributed by atoms with Crippen LogP contribution in [-0.4, -0.2) is 32.6 Å². The minimum Gasteiger partial charge on any atom is -0.454 e. The number of aromatic nitrogens is 4. The van der Waals surface area contributed by atoms with Gasteiger partial charge in [-0.2, -0.15) is 10.1 Å². The summed E-state index contributed by atoms with van der Waals surface area (Å²) in [4.78, 5) is 18.0. The summed E-state index contributed by atoms with van der Waals surface area (Å²) in [7, 11) is 1.86. The minimum atomic E-state index is -0.177. The van der Waals surface area contributed by atoms with Gasteiger partial charge < -0.3 is 19.3 Å². The number of nitrogens with zero attached hydrogens (tertiary/aromatic N) is 4. The van der Waals surface area contributed by atoms with Crippen molar-refractivity contribution in [3.63, 3.8) is 0 Å². The Hall–Kier alpha value is -3.36. The number of nitrogens with one attached hydrogen (secondary N) is 1. The van der Waals surface area contributed by atoms with E-state index in [1.807, 2.05) is 32.2 Å². The predicted octanol–water partition coefficient (Wildman–Crippen LogP) is 3.28. The first-order chi connectivity index (χ1) is 15.1. The molecule has 160 valence electrons. The predicted molar refractivity (Wildman–Crippen MR) is 109 cm³/mol. The zero-order valence-electron chi connectivity index (χ0n) is 17.4. The fourth-order valence-electron chi connectivity index (χ4n) is 5.38. The third-order valence-electron chi connectivity index (χ3n) is 7.07. The Morgan fingerprint density at radius 3 is 2.87 bits per heavy atom. The Balaban J connectivity index is 1.28. The number of ether oxygens (including phenoxy) is 2. The van der Waals surface area contributed by atoms with E-state index in [0.29, 0.717) is 35.0 Å². The molecular formula is C22H23N5O4. The number of fused-ring (bicyclic) bond motifs is 3. The molecule has 6 rings (SSSR count). The molecular weight excluding hydrogens is 398 g/mol. The van der Waals surface area contributed by atoms with Gasteiger partial charge in [-0.3, -0.25) is 9.48 Å². The Morgan fingerprint density at radius 2 is 2.03 bits per heavy atom. The van der Waals surface area contributed by atoms with Crippen molar-refractivity contribution in [2.75, 3.05) is 12.1 Å². The summed E-state index contributed by atoms with van der Waals surface area (Å²) in [5, 5.41) is 11.5. The second kappa shape index (κ2) is 6.83. The number of aryl methyl sites for hydroxylation is 1. The van der Waals surface area contributed by atoms with E-state index in [4.69, 9.17) is 19.0 Å². The van der Waals surface area contributed by atoms with Crippen LogP contribution in [0.3, 0.4) is 0 Å². The van der Waals surface area contributed by atoms with Crippen LogP contribution in [0.2, 0.25) is 0 Å². The van der Waals surface area contributed by atoms with Crippen molar-refractivity contribution in [3.05, 3.63) is 36.0 Å². The highest BCUT2D eigenvalue weighted by atomic mass is 16.7. The summed E-state index contributed by atoms with van der Waals surface area (Å²) in [6, 6.07) is 5.59. The van der Waals surface area contributed by atoms with E-state index in [1.165, 1.54) is 0 Å². The van der Waals surface area contributed by atoms with Crippen LogP contribution in [0.1, 0.15) is 36.8 Å².